The van der Waals surface area contributed by atoms with Crippen LogP contribution in [0, 0.1) is 3.57 Å². The molecule has 0 saturated carbocycles. The first-order valence-corrected chi connectivity index (χ1v) is 5.67. The topological polar surface area (TPSA) is 42.7 Å². The van der Waals surface area contributed by atoms with E-state index in [9.17, 15) is 0 Å². The van der Waals surface area contributed by atoms with Crippen LogP contribution in [0.25, 0.3) is 0 Å². The molecule has 15 heavy (non-hydrogen) atoms. The van der Waals surface area contributed by atoms with Crippen molar-refractivity contribution in [3.8, 4) is 0 Å². The van der Waals surface area contributed by atoms with Gasteiger partial charge in [-0.15, -0.1) is 5.10 Å². The molecule has 0 radical (unpaired) electrons. The van der Waals surface area contributed by atoms with Crippen molar-refractivity contribution < 1.29 is 0 Å². The first-order chi connectivity index (χ1) is 7.27. The van der Waals surface area contributed by atoms with E-state index in [-0.39, 0.29) is 0 Å². The smallest absolute Gasteiger partial charge is 0.0774 e. The van der Waals surface area contributed by atoms with E-state index in [0.29, 0.717) is 0 Å². The van der Waals surface area contributed by atoms with Crippen LogP contribution in [0.5, 0.6) is 0 Å². The third-order valence-corrected chi connectivity index (χ3v) is 3.08. The van der Waals surface area contributed by atoms with Crippen LogP contribution in [-0.2, 0) is 13.6 Å². The fourth-order valence-corrected chi connectivity index (χ4v) is 1.84. The summed E-state index contributed by atoms with van der Waals surface area (Å²) >= 11 is 2.31. The maximum atomic E-state index is 3.88. The number of hydrogen-bond acceptors (Lipinski definition) is 3. The number of halogens is 1. The van der Waals surface area contributed by atoms with Crippen molar-refractivity contribution in [2.75, 3.05) is 5.32 Å². The van der Waals surface area contributed by atoms with Gasteiger partial charge in [-0.2, -0.15) is 0 Å². The van der Waals surface area contributed by atoms with Crippen LogP contribution in [0.2, 0.25) is 0 Å². The van der Waals surface area contributed by atoms with E-state index in [0.717, 1.165) is 17.9 Å². The second-order valence-corrected chi connectivity index (χ2v) is 4.34. The van der Waals surface area contributed by atoms with Crippen molar-refractivity contribution in [2.45, 2.75) is 6.54 Å². The summed E-state index contributed by atoms with van der Waals surface area (Å²) in [5, 5.41) is 11.1. The highest BCUT2D eigenvalue weighted by atomic mass is 127. The SMILES string of the molecule is Cn1nncc1CNc1ccccc1I. The van der Waals surface area contributed by atoms with E-state index in [1.165, 1.54) is 3.57 Å². The van der Waals surface area contributed by atoms with Crippen LogP contribution in [0.1, 0.15) is 5.69 Å². The Hall–Kier alpha value is -1.11. The Labute approximate surface area is 102 Å². The van der Waals surface area contributed by atoms with Crippen molar-refractivity contribution in [2.24, 2.45) is 7.05 Å². The Morgan fingerprint density at radius 3 is 2.87 bits per heavy atom. The lowest BCUT2D eigenvalue weighted by Gasteiger charge is -2.07. The first-order valence-electron chi connectivity index (χ1n) is 4.59. The minimum absolute atomic E-state index is 0.740. The van der Waals surface area contributed by atoms with Gasteiger partial charge in [0.25, 0.3) is 0 Å². The summed E-state index contributed by atoms with van der Waals surface area (Å²) in [6.45, 7) is 0.740. The van der Waals surface area contributed by atoms with Gasteiger partial charge in [0.05, 0.1) is 18.4 Å². The molecule has 0 spiro atoms. The number of anilines is 1. The number of nitrogens with zero attached hydrogens (tertiary/aromatic N) is 3. The second kappa shape index (κ2) is 4.61. The van der Waals surface area contributed by atoms with Crippen molar-refractivity contribution in [1.82, 2.24) is 15.0 Å². The van der Waals surface area contributed by atoms with E-state index in [1.54, 1.807) is 10.9 Å². The van der Waals surface area contributed by atoms with Gasteiger partial charge >= 0.3 is 0 Å². The highest BCUT2D eigenvalue weighted by molar-refractivity contribution is 14.1. The van der Waals surface area contributed by atoms with Crippen molar-refractivity contribution in [1.29, 1.82) is 0 Å². The van der Waals surface area contributed by atoms with Crippen LogP contribution in [0.3, 0.4) is 0 Å². The lowest BCUT2D eigenvalue weighted by atomic mass is 10.3. The number of benzene rings is 1. The van der Waals surface area contributed by atoms with Gasteiger partial charge in [-0.05, 0) is 34.7 Å². The molecular weight excluding hydrogens is 303 g/mol. The number of nitrogens with one attached hydrogen (secondary N) is 1. The van der Waals surface area contributed by atoms with Crippen LogP contribution in [0.15, 0.2) is 30.5 Å². The van der Waals surface area contributed by atoms with Gasteiger partial charge in [-0.3, -0.25) is 4.68 Å². The molecule has 0 bridgehead atoms. The fraction of sp³-hybridized carbons (Fsp3) is 0.200. The van der Waals surface area contributed by atoms with Crippen LogP contribution >= 0.6 is 22.6 Å². The molecule has 0 amide bonds. The summed E-state index contributed by atoms with van der Waals surface area (Å²) in [6, 6.07) is 8.18. The molecule has 1 aromatic carbocycles. The Morgan fingerprint density at radius 1 is 1.40 bits per heavy atom. The van der Waals surface area contributed by atoms with Gasteiger partial charge in [0.2, 0.25) is 0 Å². The molecule has 0 aliphatic rings. The molecule has 1 heterocycles. The van der Waals surface area contributed by atoms with Gasteiger partial charge < -0.3 is 5.32 Å². The number of aromatic nitrogens is 3. The van der Waals surface area contributed by atoms with Gasteiger partial charge in [0.1, 0.15) is 0 Å². The Kier molecular flexibility index (Phi) is 3.20. The fourth-order valence-electron chi connectivity index (χ4n) is 1.26. The molecule has 4 nitrogen and oxygen atoms in total. The lowest BCUT2D eigenvalue weighted by molar-refractivity contribution is 0.683. The predicted molar refractivity (Wildman–Crippen MR) is 67.5 cm³/mol. The molecule has 1 N–H and O–H groups in total. The highest BCUT2D eigenvalue weighted by Gasteiger charge is 2.01. The lowest BCUT2D eigenvalue weighted by Crippen LogP contribution is -2.06. The summed E-state index contributed by atoms with van der Waals surface area (Å²) in [5.74, 6) is 0. The third kappa shape index (κ3) is 2.47. The van der Waals surface area contributed by atoms with Crippen molar-refractivity contribution >= 4 is 28.3 Å². The Balaban J connectivity index is 2.06. The number of para-hydroxylation sites is 1. The molecule has 0 unspecified atom stereocenters. The van der Waals surface area contributed by atoms with E-state index in [4.69, 9.17) is 0 Å². The van der Waals surface area contributed by atoms with Gasteiger partial charge in [-0.25, -0.2) is 0 Å². The van der Waals surface area contributed by atoms with E-state index in [1.807, 2.05) is 19.2 Å². The normalized spacial score (nSPS) is 10.3. The monoisotopic (exact) mass is 314 g/mol. The standard InChI is InChI=1S/C10H11IN4/c1-15-8(7-13-14-15)6-12-10-5-3-2-4-9(10)11/h2-5,7,12H,6H2,1H3. The minimum atomic E-state index is 0.740. The number of aryl methyl sites for hydroxylation is 1. The summed E-state index contributed by atoms with van der Waals surface area (Å²) in [4.78, 5) is 0. The Bertz CT molecular complexity index is 452. The number of rotatable bonds is 3. The third-order valence-electron chi connectivity index (χ3n) is 2.14. The van der Waals surface area contributed by atoms with E-state index >= 15 is 0 Å². The molecule has 5 heteroatoms. The molecule has 78 valence electrons. The molecule has 0 fully saturated rings. The van der Waals surface area contributed by atoms with Crippen molar-refractivity contribution in [3.05, 3.63) is 39.7 Å². The molecule has 0 aliphatic heterocycles. The van der Waals surface area contributed by atoms with Crippen LogP contribution in [0.4, 0.5) is 5.69 Å². The summed E-state index contributed by atoms with van der Waals surface area (Å²) < 4.78 is 2.98. The summed E-state index contributed by atoms with van der Waals surface area (Å²) in [6.07, 6.45) is 1.77. The van der Waals surface area contributed by atoms with E-state index < -0.39 is 0 Å². The van der Waals surface area contributed by atoms with Gasteiger partial charge in [-0.1, -0.05) is 17.3 Å². The molecule has 0 atom stereocenters. The minimum Gasteiger partial charge on any atom is -0.378 e. The van der Waals surface area contributed by atoms with Gasteiger partial charge in [0, 0.05) is 16.3 Å². The second-order valence-electron chi connectivity index (χ2n) is 3.18. The number of hydrogen-bond donors (Lipinski definition) is 1. The zero-order valence-electron chi connectivity index (χ0n) is 8.31. The molecule has 2 rings (SSSR count). The summed E-state index contributed by atoms with van der Waals surface area (Å²) in [5.41, 5.74) is 2.20. The predicted octanol–water partition coefficient (Wildman–Crippen LogP) is 2.03. The largest absolute Gasteiger partial charge is 0.378 e. The average Bonchev–Trinajstić information content (AvgIpc) is 2.63. The van der Waals surface area contributed by atoms with Crippen molar-refractivity contribution in [3.63, 3.8) is 0 Å². The molecular formula is C10H11IN4. The van der Waals surface area contributed by atoms with E-state index in [2.05, 4.69) is 50.4 Å². The Morgan fingerprint density at radius 2 is 2.20 bits per heavy atom. The zero-order chi connectivity index (χ0) is 10.7. The first kappa shape index (κ1) is 10.4. The van der Waals surface area contributed by atoms with Crippen LogP contribution < -0.4 is 5.32 Å². The van der Waals surface area contributed by atoms with Gasteiger partial charge in [0.15, 0.2) is 0 Å². The quantitative estimate of drug-likeness (QED) is 0.882. The molecule has 0 saturated heterocycles. The zero-order valence-corrected chi connectivity index (χ0v) is 10.5. The summed E-state index contributed by atoms with van der Waals surface area (Å²) in [7, 11) is 1.89. The highest BCUT2D eigenvalue weighted by Crippen LogP contribution is 2.17. The molecule has 0 aliphatic carbocycles. The molecule has 1 aromatic heterocycles. The van der Waals surface area contributed by atoms with Crippen LogP contribution in [-0.4, -0.2) is 15.0 Å². The average molecular weight is 314 g/mol. The maximum absolute atomic E-state index is 3.88. The molecule has 2 aromatic rings. The maximum Gasteiger partial charge on any atom is 0.0774 e.